The lowest BCUT2D eigenvalue weighted by Gasteiger charge is -2.21. The summed E-state index contributed by atoms with van der Waals surface area (Å²) in [5.41, 5.74) is -1.49. The summed E-state index contributed by atoms with van der Waals surface area (Å²) in [7, 11) is 0. The zero-order chi connectivity index (χ0) is 11.9. The molecular weight excluding hydrogens is 196 g/mol. The van der Waals surface area contributed by atoms with Crippen molar-refractivity contribution in [1.29, 1.82) is 0 Å². The number of hydrogen-bond acceptors (Lipinski definition) is 4. The summed E-state index contributed by atoms with van der Waals surface area (Å²) in [5, 5.41) is 0. The molecule has 1 rings (SSSR count). The molecule has 0 bridgehead atoms. The Hall–Kier alpha value is -1.32. The zero-order valence-corrected chi connectivity index (χ0v) is 9.55. The topological polar surface area (TPSA) is 52.6 Å². The van der Waals surface area contributed by atoms with Crippen LogP contribution in [0.25, 0.3) is 0 Å². The molecule has 84 valence electrons. The first-order valence-corrected chi connectivity index (χ1v) is 4.79. The highest BCUT2D eigenvalue weighted by Gasteiger charge is 2.52. The molecule has 0 aromatic carbocycles. The number of esters is 2. The fourth-order valence-electron chi connectivity index (χ4n) is 1.65. The van der Waals surface area contributed by atoms with E-state index in [0.29, 0.717) is 6.42 Å². The fourth-order valence-corrected chi connectivity index (χ4v) is 1.65. The van der Waals surface area contributed by atoms with E-state index >= 15 is 0 Å². The summed E-state index contributed by atoms with van der Waals surface area (Å²) in [6.07, 6.45) is 0.359. The van der Waals surface area contributed by atoms with E-state index < -0.39 is 23.1 Å². The van der Waals surface area contributed by atoms with Crippen molar-refractivity contribution in [2.24, 2.45) is 0 Å². The smallest absolute Gasteiger partial charge is 0.351 e. The third-order valence-electron chi connectivity index (χ3n) is 2.23. The third kappa shape index (κ3) is 2.37. The second-order valence-electron chi connectivity index (χ2n) is 4.73. The minimum absolute atomic E-state index is 0.272. The van der Waals surface area contributed by atoms with Crippen molar-refractivity contribution in [1.82, 2.24) is 0 Å². The summed E-state index contributed by atoms with van der Waals surface area (Å²) < 4.78 is 10.2. The Morgan fingerprint density at radius 1 is 1.47 bits per heavy atom. The molecule has 1 saturated heterocycles. The van der Waals surface area contributed by atoms with Crippen LogP contribution in [0.2, 0.25) is 0 Å². The summed E-state index contributed by atoms with van der Waals surface area (Å²) in [4.78, 5) is 22.9. The van der Waals surface area contributed by atoms with Gasteiger partial charge in [-0.1, -0.05) is 6.58 Å². The van der Waals surface area contributed by atoms with E-state index in [-0.39, 0.29) is 5.57 Å². The standard InChI is InChI=1S/C11H16O4/c1-7(2)8(12)14-11(5)6-10(3,4)15-9(11)13/h1,6H2,2-5H3. The molecule has 1 atom stereocenters. The first-order chi connectivity index (χ1) is 6.66. The van der Waals surface area contributed by atoms with Gasteiger partial charge in [-0.25, -0.2) is 9.59 Å². The number of carbonyl (C=O) groups is 2. The molecule has 1 aliphatic heterocycles. The van der Waals surface area contributed by atoms with Crippen molar-refractivity contribution in [2.75, 3.05) is 0 Å². The van der Waals surface area contributed by atoms with E-state index in [1.54, 1.807) is 20.8 Å². The van der Waals surface area contributed by atoms with Crippen molar-refractivity contribution in [2.45, 2.75) is 45.3 Å². The molecule has 0 spiro atoms. The van der Waals surface area contributed by atoms with Crippen LogP contribution in [0.5, 0.6) is 0 Å². The van der Waals surface area contributed by atoms with Crippen LogP contribution in [0.15, 0.2) is 12.2 Å². The average molecular weight is 212 g/mol. The highest BCUT2D eigenvalue weighted by atomic mass is 16.6. The molecule has 0 aromatic rings. The Morgan fingerprint density at radius 3 is 2.33 bits per heavy atom. The van der Waals surface area contributed by atoms with E-state index in [1.807, 2.05) is 0 Å². The highest BCUT2D eigenvalue weighted by molar-refractivity contribution is 5.91. The van der Waals surface area contributed by atoms with E-state index in [4.69, 9.17) is 9.47 Å². The van der Waals surface area contributed by atoms with Crippen LogP contribution in [0, 0.1) is 0 Å². The molecular formula is C11H16O4. The van der Waals surface area contributed by atoms with Crippen molar-refractivity contribution in [3.8, 4) is 0 Å². The largest absolute Gasteiger partial charge is 0.457 e. The summed E-state index contributed by atoms with van der Waals surface area (Å²) in [6.45, 7) is 10.1. The molecule has 0 aromatic heterocycles. The summed E-state index contributed by atoms with van der Waals surface area (Å²) >= 11 is 0. The molecule has 1 unspecified atom stereocenters. The lowest BCUT2D eigenvalue weighted by molar-refractivity contribution is -0.169. The second-order valence-corrected chi connectivity index (χ2v) is 4.73. The maximum absolute atomic E-state index is 11.5. The molecule has 0 aliphatic carbocycles. The van der Waals surface area contributed by atoms with Crippen LogP contribution in [0.1, 0.15) is 34.1 Å². The van der Waals surface area contributed by atoms with Gasteiger partial charge in [-0.2, -0.15) is 0 Å². The number of ether oxygens (including phenoxy) is 2. The van der Waals surface area contributed by atoms with Gasteiger partial charge < -0.3 is 9.47 Å². The normalized spacial score (nSPS) is 28.4. The maximum atomic E-state index is 11.5. The molecule has 1 aliphatic rings. The number of carbonyl (C=O) groups excluding carboxylic acids is 2. The van der Waals surface area contributed by atoms with E-state index in [9.17, 15) is 9.59 Å². The quantitative estimate of drug-likeness (QED) is 0.515. The van der Waals surface area contributed by atoms with Gasteiger partial charge in [0.05, 0.1) is 0 Å². The van der Waals surface area contributed by atoms with Gasteiger partial charge in [0.15, 0.2) is 0 Å². The monoisotopic (exact) mass is 212 g/mol. The molecule has 0 saturated carbocycles. The lowest BCUT2D eigenvalue weighted by atomic mass is 9.95. The van der Waals surface area contributed by atoms with E-state index in [2.05, 4.69) is 6.58 Å². The van der Waals surface area contributed by atoms with Crippen LogP contribution >= 0.6 is 0 Å². The molecule has 0 radical (unpaired) electrons. The Bertz CT molecular complexity index is 329. The van der Waals surface area contributed by atoms with Crippen LogP contribution in [-0.4, -0.2) is 23.1 Å². The van der Waals surface area contributed by atoms with E-state index in [1.165, 1.54) is 6.92 Å². The van der Waals surface area contributed by atoms with Crippen LogP contribution in [0.3, 0.4) is 0 Å². The van der Waals surface area contributed by atoms with Crippen molar-refractivity contribution < 1.29 is 19.1 Å². The predicted octanol–water partition coefficient (Wildman–Crippen LogP) is 1.59. The SMILES string of the molecule is C=C(C)C(=O)OC1(C)CC(C)(C)OC1=O. The summed E-state index contributed by atoms with van der Waals surface area (Å²) in [5.74, 6) is -1.06. The van der Waals surface area contributed by atoms with Crippen molar-refractivity contribution >= 4 is 11.9 Å². The molecule has 4 heteroatoms. The first-order valence-electron chi connectivity index (χ1n) is 4.79. The van der Waals surface area contributed by atoms with Crippen molar-refractivity contribution in [3.05, 3.63) is 12.2 Å². The number of rotatable bonds is 2. The van der Waals surface area contributed by atoms with Crippen molar-refractivity contribution in [3.63, 3.8) is 0 Å². The molecule has 15 heavy (non-hydrogen) atoms. The highest BCUT2D eigenvalue weighted by Crippen LogP contribution is 2.36. The van der Waals surface area contributed by atoms with Crippen LogP contribution in [0.4, 0.5) is 0 Å². The second kappa shape index (κ2) is 3.36. The molecule has 4 nitrogen and oxygen atoms in total. The zero-order valence-electron chi connectivity index (χ0n) is 9.55. The van der Waals surface area contributed by atoms with Gasteiger partial charge in [0.1, 0.15) is 5.60 Å². The minimum Gasteiger partial charge on any atom is -0.457 e. The summed E-state index contributed by atoms with van der Waals surface area (Å²) in [6, 6.07) is 0. The predicted molar refractivity (Wildman–Crippen MR) is 54.1 cm³/mol. The van der Waals surface area contributed by atoms with Crippen LogP contribution in [-0.2, 0) is 19.1 Å². The molecule has 1 heterocycles. The molecule has 0 N–H and O–H groups in total. The molecule has 1 fully saturated rings. The fraction of sp³-hybridized carbons (Fsp3) is 0.636. The third-order valence-corrected chi connectivity index (χ3v) is 2.23. The Balaban J connectivity index is 2.81. The van der Waals surface area contributed by atoms with Gasteiger partial charge in [0.2, 0.25) is 5.60 Å². The first kappa shape index (κ1) is 11.8. The minimum atomic E-state index is -1.18. The maximum Gasteiger partial charge on any atom is 0.351 e. The van der Waals surface area contributed by atoms with E-state index in [0.717, 1.165) is 0 Å². The average Bonchev–Trinajstić information content (AvgIpc) is 2.19. The number of hydrogen-bond donors (Lipinski definition) is 0. The van der Waals surface area contributed by atoms with Gasteiger partial charge in [0.25, 0.3) is 0 Å². The lowest BCUT2D eigenvalue weighted by Crippen LogP contribution is -2.37. The van der Waals surface area contributed by atoms with Gasteiger partial charge in [-0.15, -0.1) is 0 Å². The van der Waals surface area contributed by atoms with Gasteiger partial charge in [-0.05, 0) is 27.7 Å². The van der Waals surface area contributed by atoms with Gasteiger partial charge >= 0.3 is 11.9 Å². The van der Waals surface area contributed by atoms with Gasteiger partial charge in [0, 0.05) is 12.0 Å². The Labute approximate surface area is 89.2 Å². The Morgan fingerprint density at radius 2 is 2.00 bits per heavy atom. The van der Waals surface area contributed by atoms with Gasteiger partial charge in [-0.3, -0.25) is 0 Å². The number of cyclic esters (lactones) is 1. The van der Waals surface area contributed by atoms with Crippen LogP contribution < -0.4 is 0 Å². The molecule has 0 amide bonds. The Kier molecular flexibility index (Phi) is 2.63.